The third-order valence-electron chi connectivity index (χ3n) is 3.95. The molecule has 0 aromatic heterocycles. The number of sulfonamides is 1. The van der Waals surface area contributed by atoms with Gasteiger partial charge in [0, 0.05) is 12.6 Å². The maximum atomic E-state index is 12.7. The van der Waals surface area contributed by atoms with Gasteiger partial charge in [-0.25, -0.2) is 13.2 Å². The Bertz CT molecular complexity index is 651. The summed E-state index contributed by atoms with van der Waals surface area (Å²) in [6.45, 7) is 5.83. The molecule has 0 amide bonds. The summed E-state index contributed by atoms with van der Waals surface area (Å²) in [7, 11) is -3.63. The molecular weight excluding hydrogens is 278 g/mol. The quantitative estimate of drug-likeness (QED) is 0.928. The van der Waals surface area contributed by atoms with Gasteiger partial charge in [0.15, 0.2) is 0 Å². The number of carboxylic acids is 1. The van der Waals surface area contributed by atoms with Crippen molar-refractivity contribution < 1.29 is 18.3 Å². The summed E-state index contributed by atoms with van der Waals surface area (Å²) in [5.41, 5.74) is 1.31. The van der Waals surface area contributed by atoms with Crippen LogP contribution < -0.4 is 0 Å². The van der Waals surface area contributed by atoms with Crippen LogP contribution in [0.4, 0.5) is 0 Å². The summed E-state index contributed by atoms with van der Waals surface area (Å²) in [4.78, 5) is 11.2. The zero-order chi connectivity index (χ0) is 15.1. The van der Waals surface area contributed by atoms with Gasteiger partial charge in [-0.15, -0.1) is 0 Å². The normalized spacial score (nSPS) is 20.2. The third-order valence-corrected chi connectivity index (χ3v) is 6.09. The highest BCUT2D eigenvalue weighted by Crippen LogP contribution is 2.29. The lowest BCUT2D eigenvalue weighted by atomic mass is 10.1. The lowest BCUT2D eigenvalue weighted by molar-refractivity contribution is 0.0696. The van der Waals surface area contributed by atoms with Gasteiger partial charge in [0.25, 0.3) is 0 Å². The number of benzene rings is 1. The highest BCUT2D eigenvalue weighted by molar-refractivity contribution is 7.89. The highest BCUT2D eigenvalue weighted by Gasteiger charge is 2.34. The van der Waals surface area contributed by atoms with Crippen molar-refractivity contribution in [2.45, 2.75) is 44.6 Å². The number of nitrogens with zero attached hydrogens (tertiary/aromatic N) is 1. The number of aromatic carboxylic acids is 1. The van der Waals surface area contributed by atoms with E-state index >= 15 is 0 Å². The van der Waals surface area contributed by atoms with Gasteiger partial charge < -0.3 is 5.11 Å². The SMILES string of the molecule is Cc1cc(C(=O)O)cc(S(=O)(=O)N2CCCC2C)c1C. The third kappa shape index (κ3) is 2.45. The number of rotatable bonds is 3. The van der Waals surface area contributed by atoms with E-state index in [1.54, 1.807) is 13.8 Å². The molecule has 1 atom stereocenters. The molecule has 1 aromatic rings. The molecule has 0 spiro atoms. The zero-order valence-electron chi connectivity index (χ0n) is 11.9. The second-order valence-electron chi connectivity index (χ2n) is 5.33. The predicted molar refractivity (Wildman–Crippen MR) is 75.5 cm³/mol. The minimum atomic E-state index is -3.63. The number of aryl methyl sites for hydroxylation is 1. The van der Waals surface area contributed by atoms with E-state index in [-0.39, 0.29) is 16.5 Å². The van der Waals surface area contributed by atoms with Crippen LogP contribution in [0.25, 0.3) is 0 Å². The maximum Gasteiger partial charge on any atom is 0.335 e. The van der Waals surface area contributed by atoms with Crippen molar-refractivity contribution in [1.29, 1.82) is 0 Å². The highest BCUT2D eigenvalue weighted by atomic mass is 32.2. The van der Waals surface area contributed by atoms with Crippen molar-refractivity contribution in [2.75, 3.05) is 6.54 Å². The summed E-state index contributed by atoms with van der Waals surface area (Å²) < 4.78 is 26.9. The van der Waals surface area contributed by atoms with Crippen molar-refractivity contribution >= 4 is 16.0 Å². The first-order valence-electron chi connectivity index (χ1n) is 6.61. The second-order valence-corrected chi connectivity index (χ2v) is 7.19. The van der Waals surface area contributed by atoms with Gasteiger partial charge in [0.2, 0.25) is 10.0 Å². The molecule has 20 heavy (non-hydrogen) atoms. The van der Waals surface area contributed by atoms with Gasteiger partial charge in [-0.05, 0) is 56.9 Å². The molecule has 1 saturated heterocycles. The molecule has 1 aromatic carbocycles. The standard InChI is InChI=1S/C14H19NO4S/c1-9-7-12(14(16)17)8-13(11(9)3)20(18,19)15-6-4-5-10(15)2/h7-8,10H,4-6H2,1-3H3,(H,16,17). The molecule has 5 nitrogen and oxygen atoms in total. The van der Waals surface area contributed by atoms with E-state index in [0.717, 1.165) is 12.8 Å². The van der Waals surface area contributed by atoms with Gasteiger partial charge in [0.05, 0.1) is 10.5 Å². The first-order chi connectivity index (χ1) is 9.25. The van der Waals surface area contributed by atoms with Crippen LogP contribution in [0.3, 0.4) is 0 Å². The van der Waals surface area contributed by atoms with Crippen molar-refractivity contribution in [3.63, 3.8) is 0 Å². The second kappa shape index (κ2) is 5.18. The van der Waals surface area contributed by atoms with Crippen molar-refractivity contribution in [3.8, 4) is 0 Å². The van der Waals surface area contributed by atoms with E-state index in [4.69, 9.17) is 5.11 Å². The summed E-state index contributed by atoms with van der Waals surface area (Å²) in [6, 6.07) is 2.74. The van der Waals surface area contributed by atoms with Gasteiger partial charge in [-0.1, -0.05) is 0 Å². The van der Waals surface area contributed by atoms with Crippen LogP contribution in [0.2, 0.25) is 0 Å². The van der Waals surface area contributed by atoms with E-state index in [1.807, 2.05) is 6.92 Å². The fraction of sp³-hybridized carbons (Fsp3) is 0.500. The van der Waals surface area contributed by atoms with Crippen molar-refractivity contribution in [1.82, 2.24) is 4.31 Å². The Morgan fingerprint density at radius 3 is 2.50 bits per heavy atom. The molecule has 1 aliphatic rings. The summed E-state index contributed by atoms with van der Waals surface area (Å²) >= 11 is 0. The summed E-state index contributed by atoms with van der Waals surface area (Å²) in [5, 5.41) is 9.10. The molecule has 0 bridgehead atoms. The van der Waals surface area contributed by atoms with Crippen LogP contribution >= 0.6 is 0 Å². The minimum absolute atomic E-state index is 0.0125. The van der Waals surface area contributed by atoms with Crippen LogP contribution in [0.5, 0.6) is 0 Å². The molecule has 0 radical (unpaired) electrons. The first kappa shape index (κ1) is 15.0. The van der Waals surface area contributed by atoms with Crippen molar-refractivity contribution in [3.05, 3.63) is 28.8 Å². The Labute approximate surface area is 119 Å². The minimum Gasteiger partial charge on any atom is -0.478 e. The molecular formula is C14H19NO4S. The topological polar surface area (TPSA) is 74.7 Å². The first-order valence-corrected chi connectivity index (χ1v) is 8.05. The average Bonchev–Trinajstić information content (AvgIpc) is 2.79. The van der Waals surface area contributed by atoms with E-state index in [1.165, 1.54) is 16.4 Å². The average molecular weight is 297 g/mol. The fourth-order valence-corrected chi connectivity index (χ4v) is 4.63. The van der Waals surface area contributed by atoms with Crippen molar-refractivity contribution in [2.24, 2.45) is 0 Å². The maximum absolute atomic E-state index is 12.7. The smallest absolute Gasteiger partial charge is 0.335 e. The lowest BCUT2D eigenvalue weighted by Crippen LogP contribution is -2.34. The molecule has 6 heteroatoms. The lowest BCUT2D eigenvalue weighted by Gasteiger charge is -2.22. The molecule has 110 valence electrons. The van der Waals surface area contributed by atoms with Gasteiger partial charge in [-0.3, -0.25) is 0 Å². The number of carbonyl (C=O) groups is 1. The van der Waals surface area contributed by atoms with E-state index in [0.29, 0.717) is 17.7 Å². The van der Waals surface area contributed by atoms with E-state index in [2.05, 4.69) is 0 Å². The van der Waals surface area contributed by atoms with Crippen LogP contribution in [-0.4, -0.2) is 36.4 Å². The Morgan fingerprint density at radius 1 is 1.35 bits per heavy atom. The Balaban J connectivity index is 2.59. The van der Waals surface area contributed by atoms with Crippen LogP contribution in [0.1, 0.15) is 41.3 Å². The predicted octanol–water partition coefficient (Wildman–Crippen LogP) is 2.17. The largest absolute Gasteiger partial charge is 0.478 e. The fourth-order valence-electron chi connectivity index (χ4n) is 2.61. The van der Waals surface area contributed by atoms with E-state index in [9.17, 15) is 13.2 Å². The zero-order valence-corrected chi connectivity index (χ0v) is 12.7. The summed E-state index contributed by atoms with van der Waals surface area (Å²) in [6.07, 6.45) is 1.69. The molecule has 1 aliphatic heterocycles. The Hall–Kier alpha value is -1.40. The van der Waals surface area contributed by atoms with Gasteiger partial charge >= 0.3 is 5.97 Å². The van der Waals surface area contributed by atoms with Gasteiger partial charge in [-0.2, -0.15) is 4.31 Å². The van der Waals surface area contributed by atoms with E-state index < -0.39 is 16.0 Å². The molecule has 0 aliphatic carbocycles. The molecule has 2 rings (SSSR count). The monoisotopic (exact) mass is 297 g/mol. The van der Waals surface area contributed by atoms with Crippen LogP contribution in [-0.2, 0) is 10.0 Å². The van der Waals surface area contributed by atoms with Crippen LogP contribution in [0, 0.1) is 13.8 Å². The molecule has 1 N–H and O–H groups in total. The Kier molecular flexibility index (Phi) is 3.88. The molecule has 0 saturated carbocycles. The molecule has 1 fully saturated rings. The van der Waals surface area contributed by atoms with Crippen LogP contribution in [0.15, 0.2) is 17.0 Å². The molecule has 1 unspecified atom stereocenters. The number of carboxylic acid groups (broad SMARTS) is 1. The Morgan fingerprint density at radius 2 is 2.00 bits per heavy atom. The number of hydrogen-bond acceptors (Lipinski definition) is 3. The summed E-state index contributed by atoms with van der Waals surface area (Å²) in [5.74, 6) is -1.11. The number of hydrogen-bond donors (Lipinski definition) is 1. The molecule has 1 heterocycles. The van der Waals surface area contributed by atoms with Gasteiger partial charge in [0.1, 0.15) is 0 Å².